The van der Waals surface area contributed by atoms with Gasteiger partial charge in [0.15, 0.2) is 0 Å². The molecule has 0 spiro atoms. The fourth-order valence-electron chi connectivity index (χ4n) is 2.16. The highest BCUT2D eigenvalue weighted by molar-refractivity contribution is 5.34. The molecule has 17 heavy (non-hydrogen) atoms. The van der Waals surface area contributed by atoms with E-state index in [2.05, 4.69) is 9.88 Å². The second-order valence-electron chi connectivity index (χ2n) is 4.33. The highest BCUT2D eigenvalue weighted by Crippen LogP contribution is 2.17. The fraction of sp³-hybridized carbons (Fsp3) is 0.583. The van der Waals surface area contributed by atoms with E-state index in [1.54, 1.807) is 20.4 Å². The van der Waals surface area contributed by atoms with Crippen LogP contribution in [0.1, 0.15) is 5.69 Å². The van der Waals surface area contributed by atoms with E-state index in [-0.39, 0.29) is 12.2 Å². The van der Waals surface area contributed by atoms with Gasteiger partial charge in [-0.3, -0.25) is 9.88 Å². The summed E-state index contributed by atoms with van der Waals surface area (Å²) in [7, 11) is 3.45. The molecule has 1 aliphatic rings. The Bertz CT molecular complexity index is 343. The number of pyridine rings is 1. The van der Waals surface area contributed by atoms with Gasteiger partial charge in [-0.15, -0.1) is 0 Å². The lowest BCUT2D eigenvalue weighted by Gasteiger charge is -2.14. The van der Waals surface area contributed by atoms with Crippen LogP contribution in [0.4, 0.5) is 5.69 Å². The first-order chi connectivity index (χ1) is 8.22. The Kier molecular flexibility index (Phi) is 3.93. The largest absolute Gasteiger partial charge is 0.397 e. The van der Waals surface area contributed by atoms with Crippen molar-refractivity contribution >= 4 is 5.69 Å². The first-order valence-electron chi connectivity index (χ1n) is 5.71. The van der Waals surface area contributed by atoms with Crippen LogP contribution in [0, 0.1) is 0 Å². The van der Waals surface area contributed by atoms with Crippen molar-refractivity contribution < 1.29 is 9.47 Å². The van der Waals surface area contributed by atoms with Crippen LogP contribution < -0.4 is 5.73 Å². The number of hydrogen-bond donors (Lipinski definition) is 1. The molecule has 0 aromatic carbocycles. The molecule has 1 aromatic rings. The molecular weight excluding hydrogens is 218 g/mol. The van der Waals surface area contributed by atoms with Gasteiger partial charge in [0, 0.05) is 33.9 Å². The van der Waals surface area contributed by atoms with Gasteiger partial charge in [0.2, 0.25) is 0 Å². The predicted molar refractivity (Wildman–Crippen MR) is 65.5 cm³/mol. The normalized spacial score (nSPS) is 25.3. The molecule has 2 heterocycles. The minimum atomic E-state index is 0.147. The van der Waals surface area contributed by atoms with Crippen LogP contribution in [-0.2, 0) is 16.0 Å². The first-order valence-corrected chi connectivity index (χ1v) is 5.71. The Hall–Kier alpha value is -1.17. The highest BCUT2D eigenvalue weighted by Gasteiger charge is 2.32. The second-order valence-corrected chi connectivity index (χ2v) is 4.33. The molecule has 2 atom stereocenters. The first kappa shape index (κ1) is 12.3. The fourth-order valence-corrected chi connectivity index (χ4v) is 2.16. The van der Waals surface area contributed by atoms with E-state index >= 15 is 0 Å². The standard InChI is InChI=1S/C12H19N3O2/c1-16-11-7-15(8-12(11)17-2)6-10-4-3-9(13)5-14-10/h3-5,11-12H,6-8,13H2,1-2H3. The summed E-state index contributed by atoms with van der Waals surface area (Å²) in [5.74, 6) is 0. The van der Waals surface area contributed by atoms with Crippen LogP contribution in [0.15, 0.2) is 18.3 Å². The average Bonchev–Trinajstić information content (AvgIpc) is 2.74. The van der Waals surface area contributed by atoms with Gasteiger partial charge >= 0.3 is 0 Å². The number of rotatable bonds is 4. The molecule has 2 unspecified atom stereocenters. The Morgan fingerprint density at radius 3 is 2.41 bits per heavy atom. The van der Waals surface area contributed by atoms with Crippen molar-refractivity contribution in [1.82, 2.24) is 9.88 Å². The van der Waals surface area contributed by atoms with Gasteiger partial charge < -0.3 is 15.2 Å². The molecule has 1 fully saturated rings. The topological polar surface area (TPSA) is 60.6 Å². The van der Waals surface area contributed by atoms with Crippen LogP contribution in [0.5, 0.6) is 0 Å². The Balaban J connectivity index is 1.94. The number of nitrogens with two attached hydrogens (primary N) is 1. The molecule has 1 aliphatic heterocycles. The lowest BCUT2D eigenvalue weighted by molar-refractivity contribution is -0.00461. The van der Waals surface area contributed by atoms with Crippen LogP contribution >= 0.6 is 0 Å². The van der Waals surface area contributed by atoms with E-state index in [1.165, 1.54) is 0 Å². The maximum Gasteiger partial charge on any atom is 0.0971 e. The lowest BCUT2D eigenvalue weighted by atomic mass is 10.3. The van der Waals surface area contributed by atoms with E-state index in [0.717, 1.165) is 25.3 Å². The molecule has 5 nitrogen and oxygen atoms in total. The molecule has 1 saturated heterocycles. The SMILES string of the molecule is COC1CN(Cc2ccc(N)cn2)CC1OC. The molecule has 0 aliphatic carbocycles. The van der Waals surface area contributed by atoms with E-state index < -0.39 is 0 Å². The third-order valence-electron chi connectivity index (χ3n) is 3.13. The van der Waals surface area contributed by atoms with Crippen molar-refractivity contribution in [2.45, 2.75) is 18.8 Å². The Morgan fingerprint density at radius 1 is 1.29 bits per heavy atom. The summed E-state index contributed by atoms with van der Waals surface area (Å²) < 4.78 is 10.8. The zero-order chi connectivity index (χ0) is 12.3. The second kappa shape index (κ2) is 5.44. The van der Waals surface area contributed by atoms with Crippen molar-refractivity contribution in [3.8, 4) is 0 Å². The number of nitrogens with zero attached hydrogens (tertiary/aromatic N) is 2. The number of likely N-dealkylation sites (tertiary alicyclic amines) is 1. The van der Waals surface area contributed by atoms with Crippen molar-refractivity contribution in [2.24, 2.45) is 0 Å². The zero-order valence-corrected chi connectivity index (χ0v) is 10.3. The Labute approximate surface area is 102 Å². The molecule has 1 aromatic heterocycles. The van der Waals surface area contributed by atoms with Gasteiger partial charge in [0.25, 0.3) is 0 Å². The molecule has 5 heteroatoms. The molecular formula is C12H19N3O2. The summed E-state index contributed by atoms with van der Waals surface area (Å²) in [5.41, 5.74) is 7.32. The third kappa shape index (κ3) is 2.94. The lowest BCUT2D eigenvalue weighted by Crippen LogP contribution is -2.27. The average molecular weight is 237 g/mol. The van der Waals surface area contributed by atoms with E-state index in [9.17, 15) is 0 Å². The summed E-state index contributed by atoms with van der Waals surface area (Å²) in [5, 5.41) is 0. The molecule has 0 bridgehead atoms. The molecule has 0 amide bonds. The molecule has 94 valence electrons. The summed E-state index contributed by atoms with van der Waals surface area (Å²) in [6, 6.07) is 3.83. The molecule has 2 N–H and O–H groups in total. The van der Waals surface area contributed by atoms with Crippen molar-refractivity contribution in [3.05, 3.63) is 24.0 Å². The van der Waals surface area contributed by atoms with Crippen molar-refractivity contribution in [1.29, 1.82) is 0 Å². The summed E-state index contributed by atoms with van der Waals surface area (Å²) in [6.45, 7) is 2.56. The monoisotopic (exact) mass is 237 g/mol. The van der Waals surface area contributed by atoms with Gasteiger partial charge in [-0.05, 0) is 12.1 Å². The summed E-state index contributed by atoms with van der Waals surface area (Å²) >= 11 is 0. The van der Waals surface area contributed by atoms with Gasteiger partial charge in [-0.2, -0.15) is 0 Å². The maximum absolute atomic E-state index is 5.61. The van der Waals surface area contributed by atoms with Gasteiger partial charge in [0.1, 0.15) is 0 Å². The van der Waals surface area contributed by atoms with Crippen molar-refractivity contribution in [3.63, 3.8) is 0 Å². The van der Waals surface area contributed by atoms with Crippen LogP contribution in [-0.4, -0.2) is 49.4 Å². The van der Waals surface area contributed by atoms with Crippen LogP contribution in [0.2, 0.25) is 0 Å². The molecule has 2 rings (SSSR count). The maximum atomic E-state index is 5.61. The number of anilines is 1. The van der Waals surface area contributed by atoms with Crippen LogP contribution in [0.3, 0.4) is 0 Å². The number of nitrogen functional groups attached to an aromatic ring is 1. The third-order valence-corrected chi connectivity index (χ3v) is 3.13. The number of methoxy groups -OCH3 is 2. The van der Waals surface area contributed by atoms with Crippen LogP contribution in [0.25, 0.3) is 0 Å². The zero-order valence-electron chi connectivity index (χ0n) is 10.3. The number of ether oxygens (including phenoxy) is 2. The minimum Gasteiger partial charge on any atom is -0.397 e. The van der Waals surface area contributed by atoms with E-state index in [1.807, 2.05) is 12.1 Å². The molecule has 0 saturated carbocycles. The predicted octanol–water partition coefficient (Wildman–Crippen LogP) is 0.509. The minimum absolute atomic E-state index is 0.147. The number of aromatic nitrogens is 1. The van der Waals surface area contributed by atoms with Gasteiger partial charge in [0.05, 0.1) is 29.8 Å². The van der Waals surface area contributed by atoms with Gasteiger partial charge in [-0.1, -0.05) is 0 Å². The molecule has 0 radical (unpaired) electrons. The van der Waals surface area contributed by atoms with Gasteiger partial charge in [-0.25, -0.2) is 0 Å². The van der Waals surface area contributed by atoms with Crippen molar-refractivity contribution in [2.75, 3.05) is 33.0 Å². The smallest absolute Gasteiger partial charge is 0.0971 e. The van der Waals surface area contributed by atoms with E-state index in [0.29, 0.717) is 5.69 Å². The Morgan fingerprint density at radius 2 is 1.94 bits per heavy atom. The number of hydrogen-bond acceptors (Lipinski definition) is 5. The van der Waals surface area contributed by atoms with E-state index in [4.69, 9.17) is 15.2 Å². The quantitative estimate of drug-likeness (QED) is 0.826. The summed E-state index contributed by atoms with van der Waals surface area (Å²) in [6.07, 6.45) is 1.98. The summed E-state index contributed by atoms with van der Waals surface area (Å²) in [4.78, 5) is 6.57. The highest BCUT2D eigenvalue weighted by atomic mass is 16.5.